The molecule has 0 aliphatic rings. The van der Waals surface area contributed by atoms with Crippen molar-refractivity contribution in [2.75, 3.05) is 26.3 Å². The van der Waals surface area contributed by atoms with Gasteiger partial charge in [-0.25, -0.2) is 14.0 Å². The minimum atomic E-state index is -7.69. The highest BCUT2D eigenvalue weighted by atomic mass is 19.4. The molecule has 1 amide bonds. The van der Waals surface area contributed by atoms with Crippen molar-refractivity contribution in [2.24, 2.45) is 0 Å². The second-order valence-electron chi connectivity index (χ2n) is 9.15. The lowest BCUT2D eigenvalue weighted by atomic mass is 9.97. The number of hydrogen-bond donors (Lipinski definition) is 1. The van der Waals surface area contributed by atoms with E-state index in [0.717, 1.165) is 18.2 Å². The summed E-state index contributed by atoms with van der Waals surface area (Å²) < 4.78 is 177. The summed E-state index contributed by atoms with van der Waals surface area (Å²) in [5.74, 6) is -32.2. The summed E-state index contributed by atoms with van der Waals surface area (Å²) in [6.07, 6.45) is -10.7. The molecule has 0 saturated carbocycles. The van der Waals surface area contributed by atoms with E-state index in [9.17, 15) is 62.3 Å². The van der Waals surface area contributed by atoms with Crippen LogP contribution in [0.5, 0.6) is 11.5 Å². The van der Waals surface area contributed by atoms with Gasteiger partial charge in [-0.05, 0) is 36.8 Å². The molecule has 0 bridgehead atoms. The number of carboxylic acids is 1. The Balaban J connectivity index is 2.28. The zero-order valence-corrected chi connectivity index (χ0v) is 22.7. The lowest BCUT2D eigenvalue weighted by molar-refractivity contribution is -0.422. The average molecular weight is 673 g/mol. The summed E-state index contributed by atoms with van der Waals surface area (Å²) >= 11 is 0. The number of hydrogen-bond acceptors (Lipinski definition) is 5. The average Bonchev–Trinajstić information content (AvgIpc) is 2.92. The third kappa shape index (κ3) is 8.64. The van der Waals surface area contributed by atoms with Crippen molar-refractivity contribution in [2.45, 2.75) is 49.3 Å². The third-order valence-corrected chi connectivity index (χ3v) is 5.87. The van der Waals surface area contributed by atoms with Gasteiger partial charge in [-0.1, -0.05) is 18.2 Å². The van der Waals surface area contributed by atoms with Crippen LogP contribution in [-0.2, 0) is 16.0 Å². The zero-order chi connectivity index (χ0) is 34.4. The van der Waals surface area contributed by atoms with Gasteiger partial charge in [0.05, 0.1) is 13.1 Å². The van der Waals surface area contributed by atoms with Crippen molar-refractivity contribution in [3.63, 3.8) is 0 Å². The molecule has 2 aromatic rings. The Morgan fingerprint density at radius 3 is 1.96 bits per heavy atom. The number of carbonyl (C=O) groups excluding carboxylic acids is 1. The minimum absolute atomic E-state index is 0.0870. The predicted molar refractivity (Wildman–Crippen MR) is 129 cm³/mol. The van der Waals surface area contributed by atoms with Crippen LogP contribution in [-0.4, -0.2) is 84.3 Å². The zero-order valence-electron chi connectivity index (χ0n) is 22.7. The van der Waals surface area contributed by atoms with Crippen molar-refractivity contribution < 1.29 is 81.6 Å². The fourth-order valence-electron chi connectivity index (χ4n) is 3.50. The Labute approximate surface area is 246 Å². The standard InChI is InChI=1S/C26H23F12NO6/c1-2-43-19(20(40)41)12-15-6-8-17(9-7-15)44-11-10-39(21(42)45-18-5-3-4-16(27)13-18)14-22(28,29)23(30,31)24(32,33)25(34,35)26(36,37)38/h3-9,13,19H,2,10-12,14H2,1H3,(H,40,41). The van der Waals surface area contributed by atoms with Gasteiger partial charge in [-0.3, -0.25) is 4.90 Å². The highest BCUT2D eigenvalue weighted by Gasteiger charge is 2.87. The molecular weight excluding hydrogens is 650 g/mol. The lowest BCUT2D eigenvalue weighted by Crippen LogP contribution is -2.68. The third-order valence-electron chi connectivity index (χ3n) is 5.87. The maximum atomic E-state index is 14.5. The summed E-state index contributed by atoms with van der Waals surface area (Å²) in [7, 11) is 0. The van der Waals surface area contributed by atoms with Crippen LogP contribution in [0, 0.1) is 5.82 Å². The molecule has 0 spiro atoms. The molecule has 0 heterocycles. The number of benzene rings is 2. The molecule has 1 N–H and O–H groups in total. The molecular formula is C26H23F12NO6. The summed E-state index contributed by atoms with van der Waals surface area (Å²) in [4.78, 5) is 23.3. The van der Waals surface area contributed by atoms with Crippen molar-refractivity contribution in [1.82, 2.24) is 4.90 Å². The normalized spacial score (nSPS) is 13.7. The molecule has 2 aromatic carbocycles. The molecule has 2 rings (SSSR count). The van der Waals surface area contributed by atoms with Gasteiger partial charge in [0.1, 0.15) is 23.9 Å². The number of rotatable bonds is 15. The van der Waals surface area contributed by atoms with Gasteiger partial charge < -0.3 is 19.3 Å². The number of halogens is 12. The van der Waals surface area contributed by atoms with Crippen molar-refractivity contribution in [3.8, 4) is 11.5 Å². The highest BCUT2D eigenvalue weighted by molar-refractivity contribution is 5.72. The topological polar surface area (TPSA) is 85.3 Å². The summed E-state index contributed by atoms with van der Waals surface area (Å²) in [6, 6.07) is 8.31. The SMILES string of the molecule is CCOC(Cc1ccc(OCCN(CC(F)(F)C(F)(F)C(F)(F)C(F)(F)C(F)(F)F)C(=O)Oc2cccc(F)c2)cc1)C(=O)O. The number of carbonyl (C=O) groups is 2. The number of carboxylic acid groups (broad SMARTS) is 1. The molecule has 0 fully saturated rings. The first-order chi connectivity index (χ1) is 20.6. The Morgan fingerprint density at radius 1 is 0.844 bits per heavy atom. The second-order valence-corrected chi connectivity index (χ2v) is 9.15. The van der Waals surface area contributed by atoms with Crippen LogP contribution in [0.4, 0.5) is 57.5 Å². The van der Waals surface area contributed by atoms with Crippen LogP contribution >= 0.6 is 0 Å². The quantitative estimate of drug-likeness (QED) is 0.209. The summed E-state index contributed by atoms with van der Waals surface area (Å²) in [5.41, 5.74) is 0.418. The van der Waals surface area contributed by atoms with Crippen LogP contribution in [0.15, 0.2) is 48.5 Å². The maximum Gasteiger partial charge on any atom is 0.460 e. The van der Waals surface area contributed by atoms with Crippen LogP contribution in [0.25, 0.3) is 0 Å². The van der Waals surface area contributed by atoms with Gasteiger partial charge in [-0.2, -0.15) is 48.3 Å². The molecule has 45 heavy (non-hydrogen) atoms. The second kappa shape index (κ2) is 14.0. The first-order valence-corrected chi connectivity index (χ1v) is 12.4. The van der Waals surface area contributed by atoms with E-state index in [1.165, 1.54) is 24.3 Å². The molecule has 1 unspecified atom stereocenters. The Morgan fingerprint density at radius 2 is 1.44 bits per heavy atom. The Hall–Kier alpha value is -3.90. The van der Waals surface area contributed by atoms with Crippen LogP contribution < -0.4 is 9.47 Å². The fraction of sp³-hybridized carbons (Fsp3) is 0.462. The number of aliphatic carboxylic acids is 1. The number of amides is 1. The number of ether oxygens (including phenoxy) is 3. The number of nitrogens with zero attached hydrogens (tertiary/aromatic N) is 1. The van der Waals surface area contributed by atoms with E-state index in [-0.39, 0.29) is 18.8 Å². The molecule has 7 nitrogen and oxygen atoms in total. The molecule has 1 atom stereocenters. The number of alkyl halides is 11. The van der Waals surface area contributed by atoms with Gasteiger partial charge in [0.15, 0.2) is 6.10 Å². The van der Waals surface area contributed by atoms with Gasteiger partial charge in [0.25, 0.3) is 0 Å². The van der Waals surface area contributed by atoms with Crippen molar-refractivity contribution in [1.29, 1.82) is 0 Å². The summed E-state index contributed by atoms with van der Waals surface area (Å²) in [6.45, 7) is -3.36. The smallest absolute Gasteiger partial charge is 0.460 e. The van der Waals surface area contributed by atoms with E-state index in [2.05, 4.69) is 4.74 Å². The summed E-state index contributed by atoms with van der Waals surface area (Å²) in [5, 5.41) is 9.15. The predicted octanol–water partition coefficient (Wildman–Crippen LogP) is 6.84. The van der Waals surface area contributed by atoms with Gasteiger partial charge in [0, 0.05) is 19.1 Å². The van der Waals surface area contributed by atoms with Crippen molar-refractivity contribution in [3.05, 3.63) is 59.9 Å². The molecule has 0 aromatic heterocycles. The first-order valence-electron chi connectivity index (χ1n) is 12.4. The molecule has 0 radical (unpaired) electrons. The molecule has 0 aliphatic heterocycles. The first kappa shape index (κ1) is 37.3. The van der Waals surface area contributed by atoms with E-state index < -0.39 is 84.2 Å². The maximum absolute atomic E-state index is 14.5. The molecule has 252 valence electrons. The van der Waals surface area contributed by atoms with Crippen LogP contribution in [0.3, 0.4) is 0 Å². The van der Waals surface area contributed by atoms with Gasteiger partial charge in [-0.15, -0.1) is 0 Å². The molecule has 0 aliphatic carbocycles. The monoisotopic (exact) mass is 673 g/mol. The van der Waals surface area contributed by atoms with Crippen LogP contribution in [0.2, 0.25) is 0 Å². The largest absolute Gasteiger partial charge is 0.492 e. The fourth-order valence-corrected chi connectivity index (χ4v) is 3.50. The van der Waals surface area contributed by atoms with E-state index in [4.69, 9.17) is 14.6 Å². The lowest BCUT2D eigenvalue weighted by Gasteiger charge is -2.38. The molecule has 0 saturated heterocycles. The Kier molecular flexibility index (Phi) is 11.6. The van der Waals surface area contributed by atoms with Gasteiger partial charge >= 0.3 is 41.9 Å². The van der Waals surface area contributed by atoms with Crippen molar-refractivity contribution >= 4 is 12.1 Å². The minimum Gasteiger partial charge on any atom is -0.492 e. The van der Waals surface area contributed by atoms with E-state index in [1.807, 2.05) is 0 Å². The van der Waals surface area contributed by atoms with Gasteiger partial charge in [0.2, 0.25) is 0 Å². The Bertz CT molecular complexity index is 1300. The van der Waals surface area contributed by atoms with E-state index in [0.29, 0.717) is 11.6 Å². The van der Waals surface area contributed by atoms with E-state index >= 15 is 0 Å². The van der Waals surface area contributed by atoms with E-state index in [1.54, 1.807) is 6.92 Å². The highest BCUT2D eigenvalue weighted by Crippen LogP contribution is 2.57. The van der Waals surface area contributed by atoms with Crippen LogP contribution in [0.1, 0.15) is 12.5 Å². The molecule has 19 heteroatoms.